The van der Waals surface area contributed by atoms with Gasteiger partial charge >= 0.3 is 0 Å². The van der Waals surface area contributed by atoms with E-state index in [-0.39, 0.29) is 0 Å². The molecule has 3 nitrogen and oxygen atoms in total. The second kappa shape index (κ2) is 5.03. The van der Waals surface area contributed by atoms with Gasteiger partial charge in [-0.3, -0.25) is 0 Å². The summed E-state index contributed by atoms with van der Waals surface area (Å²) in [6.45, 7) is 1.84. The lowest BCUT2D eigenvalue weighted by molar-refractivity contribution is 0.653. The first kappa shape index (κ1) is 12.6. The molecule has 3 heteroatoms. The van der Waals surface area contributed by atoms with Gasteiger partial charge in [0, 0.05) is 30.4 Å². The minimum absolute atomic E-state index is 0.628. The van der Waals surface area contributed by atoms with Crippen LogP contribution in [0, 0.1) is 5.92 Å². The van der Waals surface area contributed by atoms with E-state index in [1.165, 1.54) is 74.1 Å². The van der Waals surface area contributed by atoms with Gasteiger partial charge in [0.05, 0.1) is 0 Å². The molecular formula is C17H25N3. The van der Waals surface area contributed by atoms with Crippen LogP contribution in [0.5, 0.6) is 0 Å². The molecule has 0 aromatic carbocycles. The number of nitrogens with two attached hydrogens (primary N) is 1. The summed E-state index contributed by atoms with van der Waals surface area (Å²) in [5.41, 5.74) is 10.1. The summed E-state index contributed by atoms with van der Waals surface area (Å²) in [5, 5.41) is 0. The van der Waals surface area contributed by atoms with Crippen LogP contribution in [0.2, 0.25) is 0 Å². The van der Waals surface area contributed by atoms with Gasteiger partial charge < -0.3 is 10.6 Å². The predicted octanol–water partition coefficient (Wildman–Crippen LogP) is 2.80. The number of hydrogen-bond donors (Lipinski definition) is 1. The minimum Gasteiger partial charge on any atom is -0.353 e. The molecule has 0 amide bonds. The van der Waals surface area contributed by atoms with Gasteiger partial charge in [-0.05, 0) is 68.9 Å². The standard InChI is InChI=1S/C17H25N3/c18-10-14-9-13-3-1-2-4-16(13)19-17(14)20(15-7-8-15)11-12-5-6-12/h9,12,15H,1-8,10-11,18H2. The zero-order valence-corrected chi connectivity index (χ0v) is 12.3. The fraction of sp³-hybridized carbons (Fsp3) is 0.706. The maximum absolute atomic E-state index is 6.02. The Morgan fingerprint density at radius 3 is 2.65 bits per heavy atom. The first-order valence-electron chi connectivity index (χ1n) is 8.33. The van der Waals surface area contributed by atoms with Crippen molar-refractivity contribution in [2.75, 3.05) is 11.4 Å². The van der Waals surface area contributed by atoms with Crippen molar-refractivity contribution in [3.05, 3.63) is 22.9 Å². The molecule has 108 valence electrons. The number of anilines is 1. The van der Waals surface area contributed by atoms with Crippen LogP contribution in [0.1, 0.15) is 55.3 Å². The van der Waals surface area contributed by atoms with E-state index in [0.29, 0.717) is 6.54 Å². The second-order valence-corrected chi connectivity index (χ2v) is 6.82. The summed E-state index contributed by atoms with van der Waals surface area (Å²) >= 11 is 0. The van der Waals surface area contributed by atoms with E-state index < -0.39 is 0 Å². The third-order valence-corrected chi connectivity index (χ3v) is 4.99. The summed E-state index contributed by atoms with van der Waals surface area (Å²) in [7, 11) is 0. The van der Waals surface area contributed by atoms with Crippen molar-refractivity contribution >= 4 is 5.82 Å². The Morgan fingerprint density at radius 1 is 1.15 bits per heavy atom. The number of hydrogen-bond acceptors (Lipinski definition) is 3. The van der Waals surface area contributed by atoms with E-state index in [9.17, 15) is 0 Å². The highest BCUT2D eigenvalue weighted by atomic mass is 15.2. The first-order chi connectivity index (χ1) is 9.85. The van der Waals surface area contributed by atoms with Gasteiger partial charge in [0.1, 0.15) is 5.82 Å². The zero-order valence-electron chi connectivity index (χ0n) is 12.3. The van der Waals surface area contributed by atoms with Gasteiger partial charge in [-0.15, -0.1) is 0 Å². The minimum atomic E-state index is 0.628. The van der Waals surface area contributed by atoms with Crippen molar-refractivity contribution in [3.8, 4) is 0 Å². The highest BCUT2D eigenvalue weighted by Crippen LogP contribution is 2.39. The lowest BCUT2D eigenvalue weighted by Gasteiger charge is -2.28. The average molecular weight is 271 g/mol. The number of aryl methyl sites for hydroxylation is 2. The van der Waals surface area contributed by atoms with Gasteiger partial charge in [-0.25, -0.2) is 4.98 Å². The number of nitrogens with zero attached hydrogens (tertiary/aromatic N) is 2. The molecule has 1 aromatic rings. The van der Waals surface area contributed by atoms with Crippen LogP contribution < -0.4 is 10.6 Å². The Bertz CT molecular complexity index is 503. The smallest absolute Gasteiger partial charge is 0.133 e. The van der Waals surface area contributed by atoms with Gasteiger partial charge in [0.25, 0.3) is 0 Å². The molecule has 20 heavy (non-hydrogen) atoms. The van der Waals surface area contributed by atoms with Crippen molar-refractivity contribution in [1.82, 2.24) is 4.98 Å². The summed E-state index contributed by atoms with van der Waals surface area (Å²) in [6.07, 6.45) is 10.5. The Kier molecular flexibility index (Phi) is 3.18. The monoisotopic (exact) mass is 271 g/mol. The molecule has 0 aliphatic heterocycles. The Labute approximate surface area is 121 Å². The molecule has 0 spiro atoms. The Morgan fingerprint density at radius 2 is 1.95 bits per heavy atom. The van der Waals surface area contributed by atoms with E-state index >= 15 is 0 Å². The SMILES string of the molecule is NCc1cc2c(nc1N(CC1CC1)C1CC1)CCCC2. The molecule has 3 aliphatic rings. The van der Waals surface area contributed by atoms with E-state index in [0.717, 1.165) is 18.4 Å². The number of fused-ring (bicyclic) bond motifs is 1. The summed E-state index contributed by atoms with van der Waals surface area (Å²) in [5.74, 6) is 2.14. The Balaban J connectivity index is 1.69. The van der Waals surface area contributed by atoms with Crippen LogP contribution in [-0.2, 0) is 19.4 Å². The molecule has 0 radical (unpaired) electrons. The van der Waals surface area contributed by atoms with Crippen LogP contribution in [0.25, 0.3) is 0 Å². The van der Waals surface area contributed by atoms with Crippen molar-refractivity contribution in [3.63, 3.8) is 0 Å². The molecule has 0 unspecified atom stereocenters. The molecule has 0 saturated heterocycles. The number of rotatable bonds is 5. The Hall–Kier alpha value is -1.09. The van der Waals surface area contributed by atoms with E-state index in [2.05, 4.69) is 11.0 Å². The van der Waals surface area contributed by atoms with Crippen molar-refractivity contribution in [2.24, 2.45) is 11.7 Å². The normalized spacial score (nSPS) is 21.6. The summed E-state index contributed by atoms with van der Waals surface area (Å²) < 4.78 is 0. The molecular weight excluding hydrogens is 246 g/mol. The molecule has 1 aromatic heterocycles. The van der Waals surface area contributed by atoms with Crippen LogP contribution in [-0.4, -0.2) is 17.6 Å². The molecule has 2 saturated carbocycles. The van der Waals surface area contributed by atoms with Crippen molar-refractivity contribution in [1.29, 1.82) is 0 Å². The van der Waals surface area contributed by atoms with Crippen molar-refractivity contribution in [2.45, 2.75) is 64.0 Å². The fourth-order valence-corrected chi connectivity index (χ4v) is 3.44. The van der Waals surface area contributed by atoms with Crippen LogP contribution in [0.15, 0.2) is 6.07 Å². The van der Waals surface area contributed by atoms with Gasteiger partial charge in [-0.1, -0.05) is 0 Å². The fourth-order valence-electron chi connectivity index (χ4n) is 3.44. The van der Waals surface area contributed by atoms with E-state index in [1.807, 2.05) is 0 Å². The summed E-state index contributed by atoms with van der Waals surface area (Å²) in [6, 6.07) is 3.11. The molecule has 3 aliphatic carbocycles. The molecule has 2 fully saturated rings. The lowest BCUT2D eigenvalue weighted by atomic mass is 9.94. The highest BCUT2D eigenvalue weighted by Gasteiger charge is 2.35. The van der Waals surface area contributed by atoms with Gasteiger partial charge in [0.15, 0.2) is 0 Å². The quantitative estimate of drug-likeness (QED) is 0.895. The molecule has 2 N–H and O–H groups in total. The predicted molar refractivity (Wildman–Crippen MR) is 81.9 cm³/mol. The summed E-state index contributed by atoms with van der Waals surface area (Å²) in [4.78, 5) is 7.66. The number of aromatic nitrogens is 1. The zero-order chi connectivity index (χ0) is 13.5. The lowest BCUT2D eigenvalue weighted by Crippen LogP contribution is -2.31. The van der Waals surface area contributed by atoms with Crippen molar-refractivity contribution < 1.29 is 0 Å². The molecule has 1 heterocycles. The van der Waals surface area contributed by atoms with Crippen LogP contribution >= 0.6 is 0 Å². The third-order valence-electron chi connectivity index (χ3n) is 4.99. The maximum atomic E-state index is 6.02. The largest absolute Gasteiger partial charge is 0.353 e. The second-order valence-electron chi connectivity index (χ2n) is 6.82. The third kappa shape index (κ3) is 2.44. The average Bonchev–Trinajstić information content (AvgIpc) is 3.37. The van der Waals surface area contributed by atoms with Gasteiger partial charge in [-0.2, -0.15) is 0 Å². The van der Waals surface area contributed by atoms with Gasteiger partial charge in [0.2, 0.25) is 0 Å². The van der Waals surface area contributed by atoms with E-state index in [1.54, 1.807) is 0 Å². The maximum Gasteiger partial charge on any atom is 0.133 e. The first-order valence-corrected chi connectivity index (χ1v) is 8.33. The van der Waals surface area contributed by atoms with Crippen LogP contribution in [0.3, 0.4) is 0 Å². The van der Waals surface area contributed by atoms with E-state index in [4.69, 9.17) is 10.7 Å². The molecule has 0 bridgehead atoms. The molecule has 0 atom stereocenters. The highest BCUT2D eigenvalue weighted by molar-refractivity contribution is 5.52. The van der Waals surface area contributed by atoms with Crippen LogP contribution in [0.4, 0.5) is 5.82 Å². The number of pyridine rings is 1. The topological polar surface area (TPSA) is 42.1 Å². The molecule has 4 rings (SSSR count).